The Bertz CT molecular complexity index is 818. The number of halogens is 2. The van der Waals surface area contributed by atoms with Crippen molar-refractivity contribution in [1.82, 2.24) is 20.7 Å². The van der Waals surface area contributed by atoms with Gasteiger partial charge in [-0.25, -0.2) is 19.2 Å². The number of hydrazine groups is 1. The monoisotopic (exact) mass is 557 g/mol. The van der Waals surface area contributed by atoms with Gasteiger partial charge in [0.1, 0.15) is 0 Å². The average molecular weight is 558 g/mol. The molecule has 1 amide bonds. The van der Waals surface area contributed by atoms with Crippen LogP contribution in [0.4, 0.5) is 8.78 Å². The minimum Gasteiger partial charge on any atom is -0.380 e. The Kier molecular flexibility index (Phi) is 9.04. The molecule has 2 aliphatic carbocycles. The highest BCUT2D eigenvalue weighted by atomic mass is 31.0. The Morgan fingerprint density at radius 2 is 1.79 bits per heavy atom. The third-order valence-electron chi connectivity index (χ3n) is 10.6. The SMILES string of the molecule is CCC(OC)C1NN(C2CCC(C3CC3)CC2)C2CCN(C(=O)C3CNC(C(F)(F)P)CC3N)C(CC)C12. The summed E-state index contributed by atoms with van der Waals surface area (Å²) >= 11 is 0. The van der Waals surface area contributed by atoms with Crippen LogP contribution in [-0.2, 0) is 9.53 Å². The van der Waals surface area contributed by atoms with Crippen LogP contribution >= 0.6 is 9.24 Å². The quantitative estimate of drug-likeness (QED) is 0.397. The number of carbonyl (C=O) groups excluding carboxylic acids is 1. The molecule has 9 atom stereocenters. The van der Waals surface area contributed by atoms with Gasteiger partial charge < -0.3 is 20.7 Å². The number of ether oxygens (including phenoxy) is 1. The Morgan fingerprint density at radius 3 is 2.32 bits per heavy atom. The van der Waals surface area contributed by atoms with Crippen LogP contribution in [0.15, 0.2) is 0 Å². The van der Waals surface area contributed by atoms with E-state index in [0.717, 1.165) is 31.1 Å². The van der Waals surface area contributed by atoms with Gasteiger partial charge >= 0.3 is 0 Å². The van der Waals surface area contributed by atoms with Crippen molar-refractivity contribution in [3.05, 3.63) is 0 Å². The molecule has 7 nitrogen and oxygen atoms in total. The molecule has 0 aromatic carbocycles. The molecule has 0 aromatic heterocycles. The summed E-state index contributed by atoms with van der Waals surface area (Å²) in [5.41, 5.74) is 7.38. The van der Waals surface area contributed by atoms with E-state index in [2.05, 4.69) is 34.5 Å². The molecule has 2 saturated carbocycles. The number of nitrogens with two attached hydrogens (primary N) is 1. The highest BCUT2D eigenvalue weighted by Crippen LogP contribution is 2.47. The first-order valence-corrected chi connectivity index (χ1v) is 15.8. The topological polar surface area (TPSA) is 82.9 Å². The van der Waals surface area contributed by atoms with Crippen molar-refractivity contribution >= 4 is 15.1 Å². The zero-order chi connectivity index (χ0) is 27.2. The molecule has 0 radical (unpaired) electrons. The van der Waals surface area contributed by atoms with Crippen molar-refractivity contribution in [1.29, 1.82) is 0 Å². The number of fused-ring (bicyclic) bond motifs is 1. The summed E-state index contributed by atoms with van der Waals surface area (Å²) in [6.07, 6.45) is 10.9. The number of hydrogen-bond acceptors (Lipinski definition) is 6. The fourth-order valence-electron chi connectivity index (χ4n) is 8.43. The van der Waals surface area contributed by atoms with Crippen LogP contribution in [0.3, 0.4) is 0 Å². The Morgan fingerprint density at radius 1 is 1.13 bits per heavy atom. The number of alkyl halides is 2. The maximum Gasteiger partial charge on any atom is 0.273 e. The van der Waals surface area contributed by atoms with Crippen molar-refractivity contribution in [2.24, 2.45) is 29.4 Å². The lowest BCUT2D eigenvalue weighted by atomic mass is 9.76. The number of amides is 1. The summed E-state index contributed by atoms with van der Waals surface area (Å²) in [6.45, 7) is 5.23. The molecule has 0 bridgehead atoms. The second kappa shape index (κ2) is 11.8. The lowest BCUT2D eigenvalue weighted by Gasteiger charge is -2.48. The smallest absolute Gasteiger partial charge is 0.273 e. The number of piperidine rings is 2. The molecule has 9 unspecified atom stereocenters. The maximum absolute atomic E-state index is 13.9. The number of likely N-dealkylation sites (tertiary alicyclic amines) is 1. The summed E-state index contributed by atoms with van der Waals surface area (Å²) in [5, 5.41) is 5.50. The lowest BCUT2D eigenvalue weighted by Crippen LogP contribution is -2.63. The highest BCUT2D eigenvalue weighted by Gasteiger charge is 2.55. The first kappa shape index (κ1) is 29.1. The first-order valence-electron chi connectivity index (χ1n) is 15.2. The van der Waals surface area contributed by atoms with Crippen LogP contribution in [-0.4, -0.2) is 84.0 Å². The largest absolute Gasteiger partial charge is 0.380 e. The van der Waals surface area contributed by atoms with E-state index in [4.69, 9.17) is 10.5 Å². The fraction of sp³-hybridized carbons (Fsp3) is 0.964. The summed E-state index contributed by atoms with van der Waals surface area (Å²) in [7, 11) is 3.41. The van der Waals surface area contributed by atoms with E-state index < -0.39 is 23.7 Å². The lowest BCUT2D eigenvalue weighted by molar-refractivity contribution is -0.144. The zero-order valence-corrected chi connectivity index (χ0v) is 24.6. The number of rotatable bonds is 8. The number of nitrogens with one attached hydrogen (secondary N) is 2. The Hall–Kier alpha value is -0.440. The van der Waals surface area contributed by atoms with E-state index in [0.29, 0.717) is 18.6 Å². The third-order valence-corrected chi connectivity index (χ3v) is 11.0. The predicted molar refractivity (Wildman–Crippen MR) is 149 cm³/mol. The predicted octanol–water partition coefficient (Wildman–Crippen LogP) is 3.34. The molecule has 5 fully saturated rings. The van der Waals surface area contributed by atoms with Gasteiger partial charge in [-0.3, -0.25) is 4.79 Å². The van der Waals surface area contributed by atoms with Crippen LogP contribution in [0.5, 0.6) is 0 Å². The molecule has 0 spiro atoms. The molecular formula is C28H50F2N5O2P. The van der Waals surface area contributed by atoms with E-state index in [9.17, 15) is 13.6 Å². The van der Waals surface area contributed by atoms with Crippen LogP contribution in [0.1, 0.15) is 78.1 Å². The van der Waals surface area contributed by atoms with Crippen LogP contribution in [0, 0.1) is 23.7 Å². The molecule has 10 heteroatoms. The molecule has 0 aromatic rings. The fourth-order valence-corrected chi connectivity index (χ4v) is 8.68. The summed E-state index contributed by atoms with van der Waals surface area (Å²) in [6, 6.07) is -0.456. The van der Waals surface area contributed by atoms with Gasteiger partial charge in [-0.15, -0.1) is 0 Å². The molecule has 5 aliphatic rings. The zero-order valence-electron chi connectivity index (χ0n) is 23.5. The van der Waals surface area contributed by atoms with Crippen molar-refractivity contribution in [2.45, 2.75) is 126 Å². The van der Waals surface area contributed by atoms with Gasteiger partial charge in [0.05, 0.1) is 24.1 Å². The number of hydrogen-bond donors (Lipinski definition) is 3. The van der Waals surface area contributed by atoms with E-state index >= 15 is 0 Å². The minimum absolute atomic E-state index is 0.0217. The molecule has 3 saturated heterocycles. The van der Waals surface area contributed by atoms with Gasteiger partial charge in [0.25, 0.3) is 5.66 Å². The first-order chi connectivity index (χ1) is 18.2. The van der Waals surface area contributed by atoms with Crippen LogP contribution in [0.25, 0.3) is 0 Å². The maximum atomic E-state index is 13.9. The van der Waals surface area contributed by atoms with E-state index in [-0.39, 0.29) is 43.0 Å². The van der Waals surface area contributed by atoms with Crippen LogP contribution < -0.4 is 16.5 Å². The van der Waals surface area contributed by atoms with Crippen LogP contribution in [0.2, 0.25) is 0 Å². The summed E-state index contributed by atoms with van der Waals surface area (Å²) in [4.78, 5) is 16.0. The highest BCUT2D eigenvalue weighted by molar-refractivity contribution is 7.18. The summed E-state index contributed by atoms with van der Waals surface area (Å²) in [5.74, 6) is 1.71. The number of nitrogens with zero attached hydrogens (tertiary/aromatic N) is 2. The van der Waals surface area contributed by atoms with Gasteiger partial charge in [-0.2, -0.15) is 0 Å². The van der Waals surface area contributed by atoms with E-state index in [1.165, 1.54) is 38.5 Å². The molecular weight excluding hydrogens is 507 g/mol. The van der Waals surface area contributed by atoms with Crippen molar-refractivity contribution < 1.29 is 18.3 Å². The van der Waals surface area contributed by atoms with Gasteiger partial charge in [0.2, 0.25) is 5.91 Å². The third kappa shape index (κ3) is 5.67. The molecule has 3 aliphatic heterocycles. The van der Waals surface area contributed by atoms with Crippen molar-refractivity contribution in [3.8, 4) is 0 Å². The Balaban J connectivity index is 1.32. The molecule has 218 valence electrons. The van der Waals surface area contributed by atoms with Crippen molar-refractivity contribution in [2.75, 3.05) is 20.2 Å². The molecule has 38 heavy (non-hydrogen) atoms. The average Bonchev–Trinajstić information content (AvgIpc) is 3.69. The van der Waals surface area contributed by atoms with Gasteiger partial charge in [0.15, 0.2) is 0 Å². The molecule has 3 heterocycles. The number of methoxy groups -OCH3 is 1. The van der Waals surface area contributed by atoms with E-state index in [1.807, 2.05) is 0 Å². The second-order valence-corrected chi connectivity index (χ2v) is 13.5. The second-order valence-electron chi connectivity index (χ2n) is 12.7. The van der Waals surface area contributed by atoms with Gasteiger partial charge in [-0.1, -0.05) is 23.1 Å². The molecule has 4 N–H and O–H groups in total. The standard InChI is InChI=1S/C28H50F2N5O2P/c1-4-21-25-22(12-13-34(21)27(36)19-15-32-24(14-20(19)31)28(29,30)38)35(33-26(25)23(5-2)37-3)18-10-8-17(9-11-18)16-6-7-16/h16-26,32-33H,4-15,31,38H2,1-3H3. The Labute approximate surface area is 229 Å². The minimum atomic E-state index is -2.94. The van der Waals surface area contributed by atoms with Gasteiger partial charge in [0, 0.05) is 50.3 Å². The van der Waals surface area contributed by atoms with E-state index in [1.54, 1.807) is 16.3 Å². The summed E-state index contributed by atoms with van der Waals surface area (Å²) < 4.78 is 33.8. The van der Waals surface area contributed by atoms with Crippen molar-refractivity contribution in [3.63, 3.8) is 0 Å². The molecule has 5 rings (SSSR count). The number of carbonyl (C=O) groups is 1. The van der Waals surface area contributed by atoms with Gasteiger partial charge in [-0.05, 0) is 76.0 Å². The normalized spacial score (nSPS) is 41.7.